The Morgan fingerprint density at radius 2 is 1.79 bits per heavy atom. The molecular formula is C24H33N9S. The molecule has 1 aliphatic carbocycles. The molecule has 0 radical (unpaired) electrons. The van der Waals surface area contributed by atoms with Crippen LogP contribution in [-0.2, 0) is 0 Å². The van der Waals surface area contributed by atoms with Gasteiger partial charge in [0.15, 0.2) is 5.13 Å². The van der Waals surface area contributed by atoms with E-state index in [1.165, 1.54) is 30.7 Å². The molecule has 2 aliphatic rings. The van der Waals surface area contributed by atoms with Crippen molar-refractivity contribution in [2.75, 3.05) is 55.1 Å². The average Bonchev–Trinajstić information content (AvgIpc) is 3.54. The molecule has 9 nitrogen and oxygen atoms in total. The van der Waals surface area contributed by atoms with E-state index in [0.29, 0.717) is 17.8 Å². The van der Waals surface area contributed by atoms with Gasteiger partial charge >= 0.3 is 0 Å². The van der Waals surface area contributed by atoms with Gasteiger partial charge in [0, 0.05) is 45.5 Å². The van der Waals surface area contributed by atoms with Crippen LogP contribution < -0.4 is 20.7 Å². The van der Waals surface area contributed by atoms with Gasteiger partial charge in [-0.3, -0.25) is 0 Å². The summed E-state index contributed by atoms with van der Waals surface area (Å²) in [5, 5.41) is 2.49. The monoisotopic (exact) mass is 479 g/mol. The van der Waals surface area contributed by atoms with E-state index in [4.69, 9.17) is 15.8 Å². The number of aryl methyl sites for hydroxylation is 1. The van der Waals surface area contributed by atoms with Crippen LogP contribution in [0.3, 0.4) is 0 Å². The molecule has 0 atom stereocenters. The number of hydrazine groups is 1. The number of likely N-dealkylation sites (N-methyl/N-ethyl adjacent to an activating group) is 1. The summed E-state index contributed by atoms with van der Waals surface area (Å²) in [5.74, 6) is 7.41. The van der Waals surface area contributed by atoms with E-state index in [1.54, 1.807) is 17.5 Å². The lowest BCUT2D eigenvalue weighted by Gasteiger charge is -2.33. The minimum atomic E-state index is 0.413. The number of hydrogen-bond donors (Lipinski definition) is 1. The Balaban J connectivity index is 1.33. The maximum Gasteiger partial charge on any atom is 0.246 e. The van der Waals surface area contributed by atoms with Gasteiger partial charge in [0.05, 0.1) is 28.1 Å². The lowest BCUT2D eigenvalue weighted by molar-refractivity contribution is 0.313. The molecule has 180 valence electrons. The van der Waals surface area contributed by atoms with Crippen LogP contribution >= 0.6 is 11.3 Å². The number of nitrogens with two attached hydrogens (primary N) is 1. The fraction of sp³-hybridized carbons (Fsp3) is 0.500. The molecule has 1 aliphatic heterocycles. The quantitative estimate of drug-likeness (QED) is 0.422. The van der Waals surface area contributed by atoms with Gasteiger partial charge in [-0.05, 0) is 45.0 Å². The summed E-state index contributed by atoms with van der Waals surface area (Å²) >= 11 is 1.68. The van der Waals surface area contributed by atoms with Crippen LogP contribution in [0.1, 0.15) is 31.4 Å². The van der Waals surface area contributed by atoms with E-state index in [9.17, 15) is 0 Å². The first kappa shape index (κ1) is 22.9. The van der Waals surface area contributed by atoms with Gasteiger partial charge in [0.1, 0.15) is 5.82 Å². The topological polar surface area (TPSA) is 90.5 Å². The van der Waals surface area contributed by atoms with Crippen molar-refractivity contribution in [3.63, 3.8) is 0 Å². The van der Waals surface area contributed by atoms with Gasteiger partial charge in [0.2, 0.25) is 5.95 Å². The Morgan fingerprint density at radius 1 is 1.03 bits per heavy atom. The maximum atomic E-state index is 6.39. The molecule has 1 saturated carbocycles. The van der Waals surface area contributed by atoms with Crippen molar-refractivity contribution in [3.8, 4) is 10.6 Å². The Hall–Kier alpha value is -2.82. The normalized spacial score (nSPS) is 17.4. The molecule has 3 aromatic heterocycles. The summed E-state index contributed by atoms with van der Waals surface area (Å²) in [6, 6.07) is 6.49. The van der Waals surface area contributed by atoms with Crippen LogP contribution in [0.2, 0.25) is 0 Å². The van der Waals surface area contributed by atoms with Crippen molar-refractivity contribution in [1.82, 2.24) is 24.8 Å². The van der Waals surface area contributed by atoms with Crippen LogP contribution in [0.25, 0.3) is 10.6 Å². The van der Waals surface area contributed by atoms with E-state index in [1.807, 2.05) is 25.3 Å². The molecular weight excluding hydrogens is 446 g/mol. The zero-order valence-electron chi connectivity index (χ0n) is 20.2. The number of pyridine rings is 1. The number of hydrogen-bond acceptors (Lipinski definition) is 10. The predicted octanol–water partition coefficient (Wildman–Crippen LogP) is 3.45. The highest BCUT2D eigenvalue weighted by Gasteiger charge is 2.24. The highest BCUT2D eigenvalue weighted by molar-refractivity contribution is 7.19. The lowest BCUT2D eigenvalue weighted by atomic mass is 10.2. The second-order valence-corrected chi connectivity index (χ2v) is 10.2. The summed E-state index contributed by atoms with van der Waals surface area (Å²) < 4.78 is 0. The van der Waals surface area contributed by atoms with Crippen molar-refractivity contribution >= 4 is 33.9 Å². The highest BCUT2D eigenvalue weighted by atomic mass is 32.1. The molecule has 0 bridgehead atoms. The van der Waals surface area contributed by atoms with Gasteiger partial charge in [-0.2, -0.15) is 0 Å². The standard InChI is InChI=1S/C24H33N9S/c1-17-22(34-24(28-17)31(3)18-6-4-5-7-18)20-10-11-26-23(29-20)33(25)21-9-8-19(16-27-21)32-14-12-30(2)13-15-32/h8-11,16,18H,4-7,12-15,25H2,1-3H3. The summed E-state index contributed by atoms with van der Waals surface area (Å²) in [4.78, 5) is 26.7. The number of anilines is 4. The van der Waals surface area contributed by atoms with Gasteiger partial charge in [-0.1, -0.05) is 24.2 Å². The molecule has 10 heteroatoms. The first-order chi connectivity index (χ1) is 16.5. The Kier molecular flexibility index (Phi) is 6.62. The third-order valence-corrected chi connectivity index (χ3v) is 8.17. The van der Waals surface area contributed by atoms with E-state index in [-0.39, 0.29) is 0 Å². The smallest absolute Gasteiger partial charge is 0.246 e. The van der Waals surface area contributed by atoms with Gasteiger partial charge in [-0.25, -0.2) is 30.8 Å². The van der Waals surface area contributed by atoms with Gasteiger partial charge in [0.25, 0.3) is 0 Å². The number of thiazole rings is 1. The van der Waals surface area contributed by atoms with Crippen molar-refractivity contribution in [1.29, 1.82) is 0 Å². The van der Waals surface area contributed by atoms with E-state index < -0.39 is 0 Å². The third-order valence-electron chi connectivity index (χ3n) is 6.90. The van der Waals surface area contributed by atoms with Crippen LogP contribution in [0.5, 0.6) is 0 Å². The second-order valence-electron chi connectivity index (χ2n) is 9.24. The second kappa shape index (κ2) is 9.81. The van der Waals surface area contributed by atoms with Crippen LogP contribution in [0.4, 0.5) is 22.6 Å². The van der Waals surface area contributed by atoms with Crippen LogP contribution in [0, 0.1) is 6.92 Å². The SMILES string of the molecule is Cc1nc(N(C)C2CCCC2)sc1-c1ccnc(N(N)c2ccc(N3CCN(C)CC3)cn2)n1. The van der Waals surface area contributed by atoms with Crippen molar-refractivity contribution < 1.29 is 0 Å². The minimum absolute atomic E-state index is 0.413. The predicted molar refractivity (Wildman–Crippen MR) is 139 cm³/mol. The highest BCUT2D eigenvalue weighted by Crippen LogP contribution is 2.36. The third kappa shape index (κ3) is 4.70. The molecule has 0 unspecified atom stereocenters. The van der Waals surface area contributed by atoms with E-state index in [2.05, 4.69) is 44.8 Å². The first-order valence-electron chi connectivity index (χ1n) is 12.0. The number of aromatic nitrogens is 4. The zero-order valence-corrected chi connectivity index (χ0v) is 21.0. The molecule has 1 saturated heterocycles. The summed E-state index contributed by atoms with van der Waals surface area (Å²) in [7, 11) is 4.31. The average molecular weight is 480 g/mol. The van der Waals surface area contributed by atoms with Gasteiger partial charge < -0.3 is 14.7 Å². The first-order valence-corrected chi connectivity index (χ1v) is 12.8. The fourth-order valence-electron chi connectivity index (χ4n) is 4.68. The largest absolute Gasteiger partial charge is 0.368 e. The lowest BCUT2D eigenvalue weighted by Crippen LogP contribution is -2.44. The molecule has 5 rings (SSSR count). The van der Waals surface area contributed by atoms with Crippen LogP contribution in [-0.4, -0.2) is 71.2 Å². The number of piperazine rings is 1. The van der Waals surface area contributed by atoms with Crippen LogP contribution in [0.15, 0.2) is 30.6 Å². The zero-order chi connectivity index (χ0) is 23.7. The molecule has 2 fully saturated rings. The molecule has 3 aromatic rings. The van der Waals surface area contributed by atoms with Gasteiger partial charge in [-0.15, -0.1) is 0 Å². The van der Waals surface area contributed by atoms with E-state index >= 15 is 0 Å². The summed E-state index contributed by atoms with van der Waals surface area (Å²) in [6.45, 7) is 6.15. The van der Waals surface area contributed by atoms with Crippen molar-refractivity contribution in [2.24, 2.45) is 5.84 Å². The molecule has 2 N–H and O–H groups in total. The molecule has 34 heavy (non-hydrogen) atoms. The molecule has 0 aromatic carbocycles. The number of nitrogens with zero attached hydrogens (tertiary/aromatic N) is 8. The molecule has 0 spiro atoms. The Morgan fingerprint density at radius 3 is 2.50 bits per heavy atom. The summed E-state index contributed by atoms with van der Waals surface area (Å²) in [5.41, 5.74) is 2.92. The molecule has 0 amide bonds. The Labute approximate surface area is 205 Å². The fourth-order valence-corrected chi connectivity index (χ4v) is 5.75. The van der Waals surface area contributed by atoms with Crippen molar-refractivity contribution in [2.45, 2.75) is 38.6 Å². The molecule has 4 heterocycles. The maximum absolute atomic E-state index is 6.39. The number of rotatable bonds is 6. The van der Waals surface area contributed by atoms with E-state index in [0.717, 1.165) is 53.3 Å². The summed E-state index contributed by atoms with van der Waals surface area (Å²) in [6.07, 6.45) is 8.71. The Bertz CT molecular complexity index is 1100. The minimum Gasteiger partial charge on any atom is -0.368 e. The van der Waals surface area contributed by atoms with Crippen molar-refractivity contribution in [3.05, 3.63) is 36.3 Å².